The maximum Gasteiger partial charge on any atom is 0.143 e. The Morgan fingerprint density at radius 2 is 1.33 bits per heavy atom. The van der Waals surface area contributed by atoms with Gasteiger partial charge in [-0.3, -0.25) is 4.99 Å². The van der Waals surface area contributed by atoms with Crippen molar-refractivity contribution in [3.05, 3.63) is 96.1 Å². The summed E-state index contributed by atoms with van der Waals surface area (Å²) in [4.78, 5) is 4.52. The molecule has 0 aromatic heterocycles. The first-order valence-electron chi connectivity index (χ1n) is 9.45. The lowest BCUT2D eigenvalue weighted by molar-refractivity contribution is 0.584. The van der Waals surface area contributed by atoms with Crippen LogP contribution in [-0.4, -0.2) is 18.9 Å². The maximum absolute atomic E-state index is 13.9. The molecule has 27 heavy (non-hydrogen) atoms. The SMILES string of the molecule is Cc1ccc(C=NCCCCP(=O)(c2ccccc2)c2ccccc2)cc1. The second kappa shape index (κ2) is 9.48. The van der Waals surface area contributed by atoms with Gasteiger partial charge in [0.15, 0.2) is 0 Å². The second-order valence-corrected chi connectivity index (χ2v) is 9.75. The molecule has 0 bridgehead atoms. The van der Waals surface area contributed by atoms with Gasteiger partial charge in [0.05, 0.1) is 0 Å². The third-order valence-electron chi connectivity index (χ3n) is 4.67. The van der Waals surface area contributed by atoms with Crippen LogP contribution in [0.2, 0.25) is 0 Å². The lowest BCUT2D eigenvalue weighted by Crippen LogP contribution is -2.18. The molecule has 0 aliphatic rings. The summed E-state index contributed by atoms with van der Waals surface area (Å²) < 4.78 is 13.9. The lowest BCUT2D eigenvalue weighted by atomic mass is 10.2. The average Bonchev–Trinajstić information content (AvgIpc) is 2.73. The van der Waals surface area contributed by atoms with Gasteiger partial charge in [-0.2, -0.15) is 0 Å². The number of unbranched alkanes of at least 4 members (excludes halogenated alkanes) is 1. The van der Waals surface area contributed by atoms with Crippen LogP contribution in [0.15, 0.2) is 89.9 Å². The molecule has 0 amide bonds. The first-order valence-corrected chi connectivity index (χ1v) is 11.3. The topological polar surface area (TPSA) is 29.4 Å². The van der Waals surface area contributed by atoms with E-state index in [2.05, 4.69) is 36.2 Å². The van der Waals surface area contributed by atoms with Gasteiger partial charge < -0.3 is 4.57 Å². The molecule has 0 saturated carbocycles. The summed E-state index contributed by atoms with van der Waals surface area (Å²) in [5.41, 5.74) is 2.38. The summed E-state index contributed by atoms with van der Waals surface area (Å²) in [5.74, 6) is 0. The molecule has 0 aliphatic carbocycles. The van der Waals surface area contributed by atoms with E-state index in [1.54, 1.807) is 0 Å². The number of hydrogen-bond donors (Lipinski definition) is 0. The molecule has 0 heterocycles. The molecule has 3 heteroatoms. The Kier molecular flexibility index (Phi) is 6.79. The minimum absolute atomic E-state index is 0.682. The predicted octanol–water partition coefficient (Wildman–Crippen LogP) is 5.21. The normalized spacial score (nSPS) is 11.7. The fourth-order valence-corrected chi connectivity index (χ4v) is 5.90. The van der Waals surface area contributed by atoms with Crippen molar-refractivity contribution < 1.29 is 4.57 Å². The van der Waals surface area contributed by atoms with Gasteiger partial charge in [0.1, 0.15) is 7.14 Å². The Morgan fingerprint density at radius 1 is 0.778 bits per heavy atom. The van der Waals surface area contributed by atoms with E-state index >= 15 is 0 Å². The second-order valence-electron chi connectivity index (χ2n) is 6.79. The molecule has 0 radical (unpaired) electrons. The van der Waals surface area contributed by atoms with Crippen molar-refractivity contribution in [2.45, 2.75) is 19.8 Å². The first-order chi connectivity index (χ1) is 13.2. The van der Waals surface area contributed by atoms with E-state index in [1.165, 1.54) is 5.56 Å². The number of nitrogens with zero attached hydrogens (tertiary/aromatic N) is 1. The third kappa shape index (κ3) is 5.28. The van der Waals surface area contributed by atoms with Crippen LogP contribution in [0.4, 0.5) is 0 Å². The molecular weight excluding hydrogens is 349 g/mol. The van der Waals surface area contributed by atoms with Crippen LogP contribution < -0.4 is 10.6 Å². The lowest BCUT2D eigenvalue weighted by Gasteiger charge is -2.19. The van der Waals surface area contributed by atoms with Gasteiger partial charge in [0.2, 0.25) is 0 Å². The highest BCUT2D eigenvalue weighted by Gasteiger charge is 2.26. The zero-order valence-electron chi connectivity index (χ0n) is 15.8. The fourth-order valence-electron chi connectivity index (χ4n) is 3.10. The van der Waals surface area contributed by atoms with E-state index in [9.17, 15) is 4.57 Å². The van der Waals surface area contributed by atoms with Gasteiger partial charge in [0.25, 0.3) is 0 Å². The Labute approximate surface area is 162 Å². The van der Waals surface area contributed by atoms with Crippen molar-refractivity contribution in [1.82, 2.24) is 0 Å². The summed E-state index contributed by atoms with van der Waals surface area (Å²) in [6.45, 7) is 2.84. The quantitative estimate of drug-likeness (QED) is 0.302. The summed E-state index contributed by atoms with van der Waals surface area (Å²) >= 11 is 0. The van der Waals surface area contributed by atoms with Gasteiger partial charge in [0, 0.05) is 29.5 Å². The number of hydrogen-bond acceptors (Lipinski definition) is 2. The highest BCUT2D eigenvalue weighted by atomic mass is 31.2. The van der Waals surface area contributed by atoms with E-state index in [-0.39, 0.29) is 0 Å². The van der Waals surface area contributed by atoms with Gasteiger partial charge in [-0.15, -0.1) is 0 Å². The van der Waals surface area contributed by atoms with Crippen LogP contribution in [0.1, 0.15) is 24.0 Å². The highest BCUT2D eigenvalue weighted by Crippen LogP contribution is 2.44. The van der Waals surface area contributed by atoms with Crippen molar-refractivity contribution in [1.29, 1.82) is 0 Å². The van der Waals surface area contributed by atoms with Crippen molar-refractivity contribution in [2.75, 3.05) is 12.7 Å². The molecule has 0 N–H and O–H groups in total. The summed E-state index contributed by atoms with van der Waals surface area (Å²) in [6.07, 6.45) is 4.44. The van der Waals surface area contributed by atoms with Gasteiger partial charge in [-0.05, 0) is 25.3 Å². The van der Waals surface area contributed by atoms with Gasteiger partial charge in [-0.25, -0.2) is 0 Å². The smallest absolute Gasteiger partial charge is 0.143 e. The molecule has 0 aliphatic heterocycles. The molecule has 3 aromatic rings. The van der Waals surface area contributed by atoms with Gasteiger partial charge >= 0.3 is 0 Å². The van der Waals surface area contributed by atoms with Crippen molar-refractivity contribution in [3.8, 4) is 0 Å². The number of benzene rings is 3. The molecular formula is C24H26NOP. The van der Waals surface area contributed by atoms with Crippen LogP contribution in [0.25, 0.3) is 0 Å². The number of aryl methyl sites for hydroxylation is 1. The van der Waals surface area contributed by atoms with Crippen LogP contribution in [0, 0.1) is 6.92 Å². The fraction of sp³-hybridized carbons (Fsp3) is 0.208. The molecule has 3 aromatic carbocycles. The Bertz CT molecular complexity index is 859. The number of rotatable bonds is 8. The Balaban J connectivity index is 1.61. The molecule has 0 saturated heterocycles. The minimum Gasteiger partial charge on any atom is -0.314 e. The van der Waals surface area contributed by atoms with E-state index in [1.807, 2.05) is 66.9 Å². The van der Waals surface area contributed by atoms with E-state index < -0.39 is 7.14 Å². The summed E-state index contributed by atoms with van der Waals surface area (Å²) in [7, 11) is -2.59. The van der Waals surface area contributed by atoms with Crippen molar-refractivity contribution >= 4 is 24.0 Å². The largest absolute Gasteiger partial charge is 0.314 e. The Hall–Kier alpha value is -2.44. The molecule has 3 rings (SSSR count). The van der Waals surface area contributed by atoms with E-state index in [0.29, 0.717) is 6.16 Å². The van der Waals surface area contributed by atoms with E-state index in [0.717, 1.165) is 35.6 Å². The van der Waals surface area contributed by atoms with Crippen LogP contribution in [0.5, 0.6) is 0 Å². The molecule has 0 unspecified atom stereocenters. The minimum atomic E-state index is -2.59. The standard InChI is InChI=1S/C24H26NOP/c1-21-14-16-22(17-15-21)20-25-18-8-9-19-27(26,23-10-4-2-5-11-23)24-12-6-3-7-13-24/h2-7,10-17,20H,8-9,18-19H2,1H3. The maximum atomic E-state index is 13.9. The number of aliphatic imine (C=N–C) groups is 1. The molecule has 0 atom stereocenters. The molecule has 0 spiro atoms. The zero-order chi connectivity index (χ0) is 19.0. The predicted molar refractivity (Wildman–Crippen MR) is 117 cm³/mol. The monoisotopic (exact) mass is 375 g/mol. The summed E-state index contributed by atoms with van der Waals surface area (Å²) in [6, 6.07) is 28.1. The highest BCUT2D eigenvalue weighted by molar-refractivity contribution is 7.78. The van der Waals surface area contributed by atoms with Gasteiger partial charge in [-0.1, -0.05) is 90.5 Å². The zero-order valence-corrected chi connectivity index (χ0v) is 16.7. The van der Waals surface area contributed by atoms with Crippen molar-refractivity contribution in [2.24, 2.45) is 4.99 Å². The third-order valence-corrected chi connectivity index (χ3v) is 7.89. The summed E-state index contributed by atoms with van der Waals surface area (Å²) in [5, 5.41) is 1.89. The average molecular weight is 375 g/mol. The first kappa shape index (κ1) is 19.3. The molecule has 0 fully saturated rings. The van der Waals surface area contributed by atoms with Crippen molar-refractivity contribution in [3.63, 3.8) is 0 Å². The van der Waals surface area contributed by atoms with Crippen LogP contribution >= 0.6 is 7.14 Å². The van der Waals surface area contributed by atoms with Crippen LogP contribution in [-0.2, 0) is 4.57 Å². The van der Waals surface area contributed by atoms with Crippen LogP contribution in [0.3, 0.4) is 0 Å². The molecule has 138 valence electrons. The van der Waals surface area contributed by atoms with E-state index in [4.69, 9.17) is 0 Å². The molecule has 2 nitrogen and oxygen atoms in total. The Morgan fingerprint density at radius 3 is 1.89 bits per heavy atom.